The van der Waals surface area contributed by atoms with Crippen molar-refractivity contribution in [3.05, 3.63) is 89.2 Å². The third-order valence-corrected chi connectivity index (χ3v) is 4.93. The summed E-state index contributed by atoms with van der Waals surface area (Å²) < 4.78 is 0. The molecule has 2 amide bonds. The molecule has 0 radical (unpaired) electrons. The van der Waals surface area contributed by atoms with Crippen LogP contribution >= 0.6 is 0 Å². The molecular formula is C23H21N3O2. The van der Waals surface area contributed by atoms with E-state index in [4.69, 9.17) is 0 Å². The van der Waals surface area contributed by atoms with Crippen LogP contribution in [-0.4, -0.2) is 23.3 Å². The second-order valence-corrected chi connectivity index (χ2v) is 6.97. The van der Waals surface area contributed by atoms with Crippen molar-refractivity contribution in [2.75, 3.05) is 16.8 Å². The highest BCUT2D eigenvalue weighted by Gasteiger charge is 2.24. The van der Waals surface area contributed by atoms with Gasteiger partial charge in [0.25, 0.3) is 11.8 Å². The maximum absolute atomic E-state index is 12.9. The Morgan fingerprint density at radius 1 is 1.04 bits per heavy atom. The number of carbonyl (C=O) groups excluding carboxylic acids is 2. The third-order valence-electron chi connectivity index (χ3n) is 4.93. The number of anilines is 2. The van der Waals surface area contributed by atoms with Crippen molar-refractivity contribution >= 4 is 23.2 Å². The summed E-state index contributed by atoms with van der Waals surface area (Å²) in [5, 5.41) is 2.94. The highest BCUT2D eigenvalue weighted by molar-refractivity contribution is 6.08. The smallest absolute Gasteiger partial charge is 0.259 e. The second kappa shape index (κ2) is 7.64. The van der Waals surface area contributed by atoms with Gasteiger partial charge in [-0.2, -0.15) is 0 Å². The number of amides is 2. The fraction of sp³-hybridized carbons (Fsp3) is 0.174. The summed E-state index contributed by atoms with van der Waals surface area (Å²) in [6.45, 7) is 2.63. The van der Waals surface area contributed by atoms with E-state index in [2.05, 4.69) is 10.3 Å². The monoisotopic (exact) mass is 371 g/mol. The number of hydrogen-bond acceptors (Lipinski definition) is 3. The van der Waals surface area contributed by atoms with Crippen molar-refractivity contribution in [1.82, 2.24) is 4.98 Å². The lowest BCUT2D eigenvalue weighted by atomic mass is 10.00. The van der Waals surface area contributed by atoms with Crippen LogP contribution in [-0.2, 0) is 6.42 Å². The Bertz CT molecular complexity index is 1010. The van der Waals surface area contributed by atoms with Gasteiger partial charge in [-0.15, -0.1) is 0 Å². The van der Waals surface area contributed by atoms with Crippen LogP contribution in [0.5, 0.6) is 0 Å². The molecule has 28 heavy (non-hydrogen) atoms. The van der Waals surface area contributed by atoms with Crippen LogP contribution < -0.4 is 10.2 Å². The van der Waals surface area contributed by atoms with Gasteiger partial charge in [0.2, 0.25) is 0 Å². The van der Waals surface area contributed by atoms with Crippen molar-refractivity contribution in [3.8, 4) is 0 Å². The molecule has 0 fully saturated rings. The lowest BCUT2D eigenvalue weighted by molar-refractivity contribution is 0.0983. The van der Waals surface area contributed by atoms with Crippen LogP contribution in [0.25, 0.3) is 0 Å². The van der Waals surface area contributed by atoms with E-state index in [1.54, 1.807) is 41.6 Å². The van der Waals surface area contributed by atoms with Crippen molar-refractivity contribution in [3.63, 3.8) is 0 Å². The van der Waals surface area contributed by atoms with Gasteiger partial charge in [0.15, 0.2) is 0 Å². The minimum atomic E-state index is -0.166. The number of carbonyl (C=O) groups is 2. The molecule has 5 nitrogen and oxygen atoms in total. The molecular weight excluding hydrogens is 350 g/mol. The van der Waals surface area contributed by atoms with Gasteiger partial charge in [-0.25, -0.2) is 0 Å². The molecule has 0 spiro atoms. The van der Waals surface area contributed by atoms with Crippen LogP contribution in [0.1, 0.15) is 38.3 Å². The Balaban J connectivity index is 1.60. The number of pyridine rings is 1. The van der Waals surface area contributed by atoms with Crippen molar-refractivity contribution in [1.29, 1.82) is 0 Å². The zero-order valence-electron chi connectivity index (χ0n) is 15.7. The van der Waals surface area contributed by atoms with Gasteiger partial charge in [0.05, 0.1) is 5.56 Å². The molecule has 1 aromatic heterocycles. The molecule has 2 heterocycles. The lowest BCUT2D eigenvalue weighted by Crippen LogP contribution is -2.35. The minimum absolute atomic E-state index is 0.0731. The Hall–Kier alpha value is -3.47. The molecule has 0 saturated carbocycles. The molecule has 3 aromatic rings. The Kier molecular flexibility index (Phi) is 4.89. The second-order valence-electron chi connectivity index (χ2n) is 6.97. The average molecular weight is 371 g/mol. The number of aryl methyl sites for hydroxylation is 2. The lowest BCUT2D eigenvalue weighted by Gasteiger charge is -2.30. The van der Waals surface area contributed by atoms with E-state index in [1.165, 1.54) is 0 Å². The molecule has 5 heteroatoms. The molecule has 0 atom stereocenters. The zero-order valence-corrected chi connectivity index (χ0v) is 15.7. The predicted octanol–water partition coefficient (Wildman–Crippen LogP) is 4.24. The van der Waals surface area contributed by atoms with Gasteiger partial charge in [-0.1, -0.05) is 23.8 Å². The number of hydrogen-bond donors (Lipinski definition) is 1. The SMILES string of the molecule is Cc1ccc(C(=O)Nc2ccc3c(c2)N(C(=O)c2cccnc2)CCC3)cc1. The quantitative estimate of drug-likeness (QED) is 0.749. The molecule has 2 aromatic carbocycles. The number of rotatable bonds is 3. The Labute approximate surface area is 164 Å². The molecule has 0 unspecified atom stereocenters. The summed E-state index contributed by atoms with van der Waals surface area (Å²) in [5.41, 5.74) is 4.90. The number of benzene rings is 2. The number of nitrogens with zero attached hydrogens (tertiary/aromatic N) is 2. The molecule has 1 N–H and O–H groups in total. The number of fused-ring (bicyclic) bond motifs is 1. The summed E-state index contributed by atoms with van der Waals surface area (Å²) in [6.07, 6.45) is 5.06. The molecule has 0 saturated heterocycles. The first-order valence-corrected chi connectivity index (χ1v) is 9.35. The summed E-state index contributed by atoms with van der Waals surface area (Å²) in [6, 6.07) is 16.7. The molecule has 140 valence electrons. The van der Waals surface area contributed by atoms with Gasteiger partial charge in [0, 0.05) is 35.9 Å². The van der Waals surface area contributed by atoms with Crippen LogP contribution in [0.3, 0.4) is 0 Å². The minimum Gasteiger partial charge on any atom is -0.322 e. The first-order chi connectivity index (χ1) is 13.6. The van der Waals surface area contributed by atoms with Crippen LogP contribution in [0.2, 0.25) is 0 Å². The highest BCUT2D eigenvalue weighted by atomic mass is 16.2. The van der Waals surface area contributed by atoms with E-state index in [0.29, 0.717) is 23.4 Å². The van der Waals surface area contributed by atoms with Gasteiger partial charge in [0.1, 0.15) is 0 Å². The maximum atomic E-state index is 12.9. The zero-order chi connectivity index (χ0) is 19.5. The normalized spacial score (nSPS) is 13.0. The topological polar surface area (TPSA) is 62.3 Å². The molecule has 4 rings (SSSR count). The fourth-order valence-electron chi connectivity index (χ4n) is 3.42. The van der Waals surface area contributed by atoms with Gasteiger partial charge < -0.3 is 10.2 Å². The summed E-state index contributed by atoms with van der Waals surface area (Å²) in [7, 11) is 0. The van der Waals surface area contributed by atoms with Crippen LogP contribution in [0.15, 0.2) is 67.0 Å². The molecule has 1 aliphatic heterocycles. The average Bonchev–Trinajstić information content (AvgIpc) is 2.74. The molecule has 1 aliphatic rings. The number of aromatic nitrogens is 1. The van der Waals surface area contributed by atoms with E-state index in [1.807, 2.05) is 37.3 Å². The largest absolute Gasteiger partial charge is 0.322 e. The Morgan fingerprint density at radius 2 is 1.86 bits per heavy atom. The standard InChI is InChI=1S/C23H21N3O2/c1-16-6-8-18(9-7-16)22(27)25-20-11-10-17-5-3-13-26(21(17)14-20)23(28)19-4-2-12-24-15-19/h2,4,6-12,14-15H,3,5,13H2,1H3,(H,25,27). The van der Waals surface area contributed by atoms with Crippen molar-refractivity contribution < 1.29 is 9.59 Å². The third kappa shape index (κ3) is 3.64. The van der Waals surface area contributed by atoms with Gasteiger partial charge in [-0.05, 0) is 61.7 Å². The van der Waals surface area contributed by atoms with Crippen LogP contribution in [0, 0.1) is 6.92 Å². The van der Waals surface area contributed by atoms with E-state index in [-0.39, 0.29) is 11.8 Å². The van der Waals surface area contributed by atoms with E-state index in [0.717, 1.165) is 29.7 Å². The van der Waals surface area contributed by atoms with E-state index >= 15 is 0 Å². The molecule has 0 bridgehead atoms. The van der Waals surface area contributed by atoms with Gasteiger partial charge >= 0.3 is 0 Å². The summed E-state index contributed by atoms with van der Waals surface area (Å²) in [4.78, 5) is 31.3. The van der Waals surface area contributed by atoms with Crippen molar-refractivity contribution in [2.24, 2.45) is 0 Å². The highest BCUT2D eigenvalue weighted by Crippen LogP contribution is 2.31. The first kappa shape index (κ1) is 17.9. The van der Waals surface area contributed by atoms with Crippen LogP contribution in [0.4, 0.5) is 11.4 Å². The van der Waals surface area contributed by atoms with E-state index < -0.39 is 0 Å². The fourth-order valence-corrected chi connectivity index (χ4v) is 3.42. The van der Waals surface area contributed by atoms with E-state index in [9.17, 15) is 9.59 Å². The predicted molar refractivity (Wildman–Crippen MR) is 110 cm³/mol. The van der Waals surface area contributed by atoms with Gasteiger partial charge in [-0.3, -0.25) is 14.6 Å². The first-order valence-electron chi connectivity index (χ1n) is 9.35. The Morgan fingerprint density at radius 3 is 2.61 bits per heavy atom. The summed E-state index contributed by atoms with van der Waals surface area (Å²) >= 11 is 0. The maximum Gasteiger partial charge on any atom is 0.259 e. The molecule has 0 aliphatic carbocycles. The summed E-state index contributed by atoms with van der Waals surface area (Å²) in [5.74, 6) is -0.239. The van der Waals surface area contributed by atoms with Crippen molar-refractivity contribution in [2.45, 2.75) is 19.8 Å². The number of nitrogens with one attached hydrogen (secondary N) is 1.